The Kier molecular flexibility index (Phi) is 8.34. The van der Waals surface area contributed by atoms with Crippen LogP contribution in [0.4, 0.5) is 5.69 Å². The molecule has 0 amide bonds. The lowest BCUT2D eigenvalue weighted by atomic mass is 10.0. The van der Waals surface area contributed by atoms with Gasteiger partial charge in [-0.1, -0.05) is 36.4 Å². The van der Waals surface area contributed by atoms with Gasteiger partial charge in [0.15, 0.2) is 0 Å². The summed E-state index contributed by atoms with van der Waals surface area (Å²) in [5, 5.41) is 33.0. The molecule has 10 heteroatoms. The summed E-state index contributed by atoms with van der Waals surface area (Å²) in [6, 6.07) is 23.9. The molecule has 5 rings (SSSR count). The fourth-order valence-electron chi connectivity index (χ4n) is 4.66. The van der Waals surface area contributed by atoms with E-state index in [1.54, 1.807) is 0 Å². The molecule has 0 aliphatic heterocycles. The van der Waals surface area contributed by atoms with Crippen LogP contribution in [-0.2, 0) is 13.1 Å². The minimum atomic E-state index is -1.16. The minimum Gasteiger partial charge on any atom is -0.441 e. The lowest BCUT2D eigenvalue weighted by Gasteiger charge is -2.33. The zero-order valence-corrected chi connectivity index (χ0v) is 22.7. The molecule has 0 fully saturated rings. The van der Waals surface area contributed by atoms with E-state index in [-0.39, 0.29) is 18.8 Å². The van der Waals surface area contributed by atoms with Crippen LogP contribution in [0.15, 0.2) is 93.8 Å². The number of non-ortho nitro benzene ring substituents is 1. The van der Waals surface area contributed by atoms with Crippen LogP contribution in [0, 0.1) is 24.0 Å². The van der Waals surface area contributed by atoms with Crippen LogP contribution in [0.25, 0.3) is 22.9 Å². The number of oxazole rings is 2. The first-order chi connectivity index (χ1) is 19.8. The number of nitro benzene ring substituents is 1. The summed E-state index contributed by atoms with van der Waals surface area (Å²) in [6.07, 6.45) is -1.16. The molecule has 10 nitrogen and oxygen atoms in total. The number of hydrogen-bond donors (Lipinski definition) is 2. The average molecular weight is 555 g/mol. The molecule has 2 heterocycles. The van der Waals surface area contributed by atoms with Gasteiger partial charge < -0.3 is 19.0 Å². The molecule has 0 saturated heterocycles. The molecule has 3 aromatic carbocycles. The van der Waals surface area contributed by atoms with Crippen molar-refractivity contribution < 1.29 is 24.0 Å². The number of rotatable bonds is 11. The second-order valence-corrected chi connectivity index (χ2v) is 9.72. The number of aliphatic hydroxyl groups excluding tert-OH is 2. The van der Waals surface area contributed by atoms with Gasteiger partial charge >= 0.3 is 0 Å². The first kappa shape index (κ1) is 27.9. The van der Waals surface area contributed by atoms with Crippen molar-refractivity contribution in [2.45, 2.75) is 39.1 Å². The Morgan fingerprint density at radius 3 is 1.68 bits per heavy atom. The van der Waals surface area contributed by atoms with Gasteiger partial charge in [0.25, 0.3) is 5.69 Å². The molecule has 41 heavy (non-hydrogen) atoms. The topological polar surface area (TPSA) is 139 Å². The van der Waals surface area contributed by atoms with E-state index in [0.717, 1.165) is 11.1 Å². The summed E-state index contributed by atoms with van der Waals surface area (Å²) in [6.45, 7) is 3.70. The maximum Gasteiger partial charge on any atom is 0.269 e. The second-order valence-electron chi connectivity index (χ2n) is 9.72. The highest BCUT2D eigenvalue weighted by Crippen LogP contribution is 2.30. The predicted molar refractivity (Wildman–Crippen MR) is 152 cm³/mol. The van der Waals surface area contributed by atoms with Gasteiger partial charge in [0.1, 0.15) is 11.5 Å². The lowest BCUT2D eigenvalue weighted by Crippen LogP contribution is -2.42. The van der Waals surface area contributed by atoms with E-state index in [1.165, 1.54) is 24.3 Å². The maximum atomic E-state index is 11.4. The van der Waals surface area contributed by atoms with Crippen molar-refractivity contribution in [3.05, 3.63) is 124 Å². The van der Waals surface area contributed by atoms with Crippen molar-refractivity contribution in [1.29, 1.82) is 0 Å². The molecule has 2 aromatic heterocycles. The minimum absolute atomic E-state index is 0.0864. The number of benzene rings is 3. The second kappa shape index (κ2) is 12.3. The van der Waals surface area contributed by atoms with Crippen molar-refractivity contribution in [3.63, 3.8) is 0 Å². The molecule has 0 aliphatic carbocycles. The molecular formula is C31H30N4O6. The quantitative estimate of drug-likeness (QED) is 0.157. The van der Waals surface area contributed by atoms with E-state index < -0.39 is 23.7 Å². The monoisotopic (exact) mass is 554 g/mol. The first-order valence-electron chi connectivity index (χ1n) is 13.1. The molecule has 210 valence electrons. The van der Waals surface area contributed by atoms with Gasteiger partial charge in [0.05, 0.1) is 35.1 Å². The van der Waals surface area contributed by atoms with E-state index >= 15 is 0 Å². The van der Waals surface area contributed by atoms with Crippen molar-refractivity contribution in [3.8, 4) is 22.9 Å². The number of aryl methyl sites for hydroxylation is 2. The number of nitrogens with zero attached hydrogens (tertiary/aromatic N) is 4. The molecule has 0 saturated carbocycles. The summed E-state index contributed by atoms with van der Waals surface area (Å²) in [5.41, 5.74) is 3.29. The fraction of sp³-hybridized carbons (Fsp3) is 0.226. The van der Waals surface area contributed by atoms with Gasteiger partial charge in [-0.15, -0.1) is 0 Å². The Bertz CT molecular complexity index is 1510. The number of nitro groups is 1. The summed E-state index contributed by atoms with van der Waals surface area (Å²) in [5.74, 6) is 2.16. The summed E-state index contributed by atoms with van der Waals surface area (Å²) < 4.78 is 11.9. The molecule has 0 radical (unpaired) electrons. The molecule has 0 unspecified atom stereocenters. The van der Waals surface area contributed by atoms with Gasteiger partial charge in [-0.25, -0.2) is 9.97 Å². The van der Waals surface area contributed by atoms with Crippen LogP contribution >= 0.6 is 0 Å². The standard InChI is InChI=1S/C31H30N4O6/c1-20-26(32-30(40-20)23-9-5-3-6-10-23)17-34(18-27-21(2)41-31(33-27)24-11-7-4-8-12-24)28(19-36)29(37)22-13-15-25(16-14-22)35(38)39/h3-16,28-29,36-37H,17-19H2,1-2H3/t28-,29-/m1/s1. The highest BCUT2D eigenvalue weighted by molar-refractivity contribution is 5.54. The van der Waals surface area contributed by atoms with Crippen molar-refractivity contribution in [2.24, 2.45) is 0 Å². The zero-order chi connectivity index (χ0) is 28.9. The zero-order valence-electron chi connectivity index (χ0n) is 22.7. The molecule has 0 aliphatic rings. The van der Waals surface area contributed by atoms with Crippen LogP contribution in [0.2, 0.25) is 0 Å². The van der Waals surface area contributed by atoms with Gasteiger partial charge in [-0.2, -0.15) is 0 Å². The third-order valence-electron chi connectivity index (χ3n) is 7.00. The smallest absolute Gasteiger partial charge is 0.269 e. The summed E-state index contributed by atoms with van der Waals surface area (Å²) in [4.78, 5) is 21.9. The van der Waals surface area contributed by atoms with Gasteiger partial charge in [0.2, 0.25) is 11.8 Å². The van der Waals surface area contributed by atoms with Crippen LogP contribution in [-0.4, -0.2) is 42.7 Å². The predicted octanol–water partition coefficient (Wildman–Crippen LogP) is 5.62. The number of aromatic nitrogens is 2. The van der Waals surface area contributed by atoms with E-state index in [2.05, 4.69) is 0 Å². The third kappa shape index (κ3) is 6.25. The third-order valence-corrected chi connectivity index (χ3v) is 7.00. The molecule has 0 spiro atoms. The van der Waals surface area contributed by atoms with Crippen LogP contribution in [0.1, 0.15) is 34.6 Å². The Morgan fingerprint density at radius 2 is 1.27 bits per heavy atom. The van der Waals surface area contributed by atoms with Gasteiger partial charge in [-0.05, 0) is 55.8 Å². The SMILES string of the molecule is Cc1oc(-c2ccccc2)nc1CN(Cc1nc(-c2ccccc2)oc1C)[C@H](CO)[C@H](O)c1ccc([N+](=O)[O-])cc1. The van der Waals surface area contributed by atoms with Crippen molar-refractivity contribution in [1.82, 2.24) is 14.9 Å². The fourth-order valence-corrected chi connectivity index (χ4v) is 4.66. The first-order valence-corrected chi connectivity index (χ1v) is 13.1. The molecule has 2 atom stereocenters. The van der Waals surface area contributed by atoms with Gasteiger partial charge in [-0.3, -0.25) is 15.0 Å². The van der Waals surface area contributed by atoms with E-state index in [1.807, 2.05) is 79.4 Å². The lowest BCUT2D eigenvalue weighted by molar-refractivity contribution is -0.384. The number of aliphatic hydroxyl groups is 2. The summed E-state index contributed by atoms with van der Waals surface area (Å²) >= 11 is 0. The van der Waals surface area contributed by atoms with Crippen LogP contribution < -0.4 is 0 Å². The maximum absolute atomic E-state index is 11.4. The van der Waals surface area contributed by atoms with E-state index in [0.29, 0.717) is 40.3 Å². The Hall–Kier alpha value is -4.64. The molecular weight excluding hydrogens is 524 g/mol. The van der Waals surface area contributed by atoms with E-state index in [4.69, 9.17) is 18.8 Å². The van der Waals surface area contributed by atoms with Crippen molar-refractivity contribution >= 4 is 5.69 Å². The normalized spacial score (nSPS) is 12.9. The Balaban J connectivity index is 1.49. The number of hydrogen-bond acceptors (Lipinski definition) is 9. The largest absolute Gasteiger partial charge is 0.441 e. The van der Waals surface area contributed by atoms with Crippen molar-refractivity contribution in [2.75, 3.05) is 6.61 Å². The van der Waals surface area contributed by atoms with Gasteiger partial charge in [0, 0.05) is 36.3 Å². The summed E-state index contributed by atoms with van der Waals surface area (Å²) in [7, 11) is 0. The molecule has 5 aromatic rings. The average Bonchev–Trinajstić information content (AvgIpc) is 3.55. The highest BCUT2D eigenvalue weighted by Gasteiger charge is 2.30. The molecule has 2 N–H and O–H groups in total. The van der Waals surface area contributed by atoms with Crippen LogP contribution in [0.3, 0.4) is 0 Å². The Labute approximate surface area is 236 Å². The Morgan fingerprint density at radius 1 is 0.805 bits per heavy atom. The molecule has 0 bridgehead atoms. The highest BCUT2D eigenvalue weighted by atomic mass is 16.6. The van der Waals surface area contributed by atoms with Crippen LogP contribution in [0.5, 0.6) is 0 Å². The van der Waals surface area contributed by atoms with E-state index in [9.17, 15) is 20.3 Å².